The normalized spacial score (nSPS) is 11.3. The SMILES string of the molecule is COc1ccc(OC)c(CNS(=O)(=O)c2cccs2)c1. The Morgan fingerprint density at radius 1 is 1.20 bits per heavy atom. The van der Waals surface area contributed by atoms with Crippen LogP contribution in [0.1, 0.15) is 5.56 Å². The average Bonchev–Trinajstić information content (AvgIpc) is 3.00. The first-order valence-electron chi connectivity index (χ1n) is 5.81. The Morgan fingerprint density at radius 3 is 2.60 bits per heavy atom. The Labute approximate surface area is 122 Å². The number of sulfonamides is 1. The molecule has 0 amide bonds. The van der Waals surface area contributed by atoms with Crippen molar-refractivity contribution in [2.45, 2.75) is 10.8 Å². The zero-order chi connectivity index (χ0) is 14.6. The summed E-state index contributed by atoms with van der Waals surface area (Å²) in [4.78, 5) is 0. The number of hydrogen-bond donors (Lipinski definition) is 1. The fourth-order valence-corrected chi connectivity index (χ4v) is 3.72. The molecule has 0 spiro atoms. The van der Waals surface area contributed by atoms with E-state index in [4.69, 9.17) is 9.47 Å². The van der Waals surface area contributed by atoms with E-state index < -0.39 is 10.0 Å². The maximum atomic E-state index is 12.0. The van der Waals surface area contributed by atoms with Crippen molar-refractivity contribution in [2.75, 3.05) is 14.2 Å². The molecule has 0 radical (unpaired) electrons. The molecule has 0 aliphatic rings. The molecule has 1 aromatic heterocycles. The predicted molar refractivity (Wildman–Crippen MR) is 77.9 cm³/mol. The van der Waals surface area contributed by atoms with Gasteiger partial charge in [0, 0.05) is 12.1 Å². The summed E-state index contributed by atoms with van der Waals surface area (Å²) in [6.45, 7) is 0.139. The number of nitrogens with one attached hydrogen (secondary N) is 1. The molecule has 0 fully saturated rings. The van der Waals surface area contributed by atoms with Crippen molar-refractivity contribution in [1.82, 2.24) is 4.72 Å². The maximum absolute atomic E-state index is 12.0. The van der Waals surface area contributed by atoms with Crippen molar-refractivity contribution in [3.8, 4) is 11.5 Å². The van der Waals surface area contributed by atoms with Gasteiger partial charge in [-0.25, -0.2) is 13.1 Å². The molecule has 2 rings (SSSR count). The highest BCUT2D eigenvalue weighted by Crippen LogP contribution is 2.24. The molecule has 0 aliphatic carbocycles. The number of methoxy groups -OCH3 is 2. The van der Waals surface area contributed by atoms with Gasteiger partial charge in [0.2, 0.25) is 10.0 Å². The third kappa shape index (κ3) is 3.30. The van der Waals surface area contributed by atoms with Gasteiger partial charge in [-0.1, -0.05) is 6.07 Å². The third-order valence-corrected chi connectivity index (χ3v) is 5.50. The van der Waals surface area contributed by atoms with Gasteiger partial charge < -0.3 is 9.47 Å². The lowest BCUT2D eigenvalue weighted by Gasteiger charge is -2.11. The van der Waals surface area contributed by atoms with Gasteiger partial charge >= 0.3 is 0 Å². The molecule has 0 saturated heterocycles. The minimum atomic E-state index is -3.49. The van der Waals surface area contributed by atoms with E-state index in [-0.39, 0.29) is 6.54 Å². The molecule has 2 aromatic rings. The van der Waals surface area contributed by atoms with Crippen LogP contribution in [0.4, 0.5) is 0 Å². The van der Waals surface area contributed by atoms with E-state index in [9.17, 15) is 8.42 Å². The van der Waals surface area contributed by atoms with Gasteiger partial charge in [0.25, 0.3) is 0 Å². The second-order valence-electron chi connectivity index (χ2n) is 3.93. The molecule has 1 aromatic carbocycles. The first-order valence-corrected chi connectivity index (χ1v) is 8.17. The van der Waals surface area contributed by atoms with E-state index in [1.54, 1.807) is 49.9 Å². The van der Waals surface area contributed by atoms with Crippen LogP contribution in [0.3, 0.4) is 0 Å². The summed E-state index contributed by atoms with van der Waals surface area (Å²) in [7, 11) is -0.390. The van der Waals surface area contributed by atoms with Gasteiger partial charge in [-0.3, -0.25) is 0 Å². The van der Waals surface area contributed by atoms with Crippen molar-refractivity contribution in [3.63, 3.8) is 0 Å². The summed E-state index contributed by atoms with van der Waals surface area (Å²) in [5, 5.41) is 1.72. The molecule has 20 heavy (non-hydrogen) atoms. The number of benzene rings is 1. The Hall–Kier alpha value is -1.57. The van der Waals surface area contributed by atoms with E-state index in [0.29, 0.717) is 21.3 Å². The van der Waals surface area contributed by atoms with Gasteiger partial charge in [0.05, 0.1) is 14.2 Å². The van der Waals surface area contributed by atoms with E-state index in [2.05, 4.69) is 4.72 Å². The number of hydrogen-bond acceptors (Lipinski definition) is 5. The van der Waals surface area contributed by atoms with Crippen LogP contribution in [0, 0.1) is 0 Å². The first-order chi connectivity index (χ1) is 9.56. The van der Waals surface area contributed by atoms with E-state index in [1.165, 1.54) is 11.3 Å². The highest BCUT2D eigenvalue weighted by atomic mass is 32.2. The van der Waals surface area contributed by atoms with E-state index in [0.717, 1.165) is 0 Å². The molecular formula is C13H15NO4S2. The summed E-state index contributed by atoms with van der Waals surface area (Å²) < 4.78 is 37.3. The molecule has 108 valence electrons. The van der Waals surface area contributed by atoms with E-state index >= 15 is 0 Å². The molecule has 7 heteroatoms. The van der Waals surface area contributed by atoms with Crippen LogP contribution in [0.2, 0.25) is 0 Å². The maximum Gasteiger partial charge on any atom is 0.250 e. The second-order valence-corrected chi connectivity index (χ2v) is 6.88. The highest BCUT2D eigenvalue weighted by molar-refractivity contribution is 7.91. The smallest absolute Gasteiger partial charge is 0.250 e. The van der Waals surface area contributed by atoms with Crippen molar-refractivity contribution < 1.29 is 17.9 Å². The van der Waals surface area contributed by atoms with E-state index in [1.807, 2.05) is 0 Å². The summed E-state index contributed by atoms with van der Waals surface area (Å²) >= 11 is 1.18. The number of rotatable bonds is 6. The molecule has 1 N–H and O–H groups in total. The Bertz CT molecular complexity index is 666. The van der Waals surface area contributed by atoms with Crippen LogP contribution < -0.4 is 14.2 Å². The molecular weight excluding hydrogens is 298 g/mol. The minimum absolute atomic E-state index is 0.139. The van der Waals surface area contributed by atoms with Crippen molar-refractivity contribution in [1.29, 1.82) is 0 Å². The minimum Gasteiger partial charge on any atom is -0.497 e. The zero-order valence-electron chi connectivity index (χ0n) is 11.1. The third-order valence-electron chi connectivity index (χ3n) is 2.70. The summed E-state index contributed by atoms with van der Waals surface area (Å²) in [6.07, 6.45) is 0. The molecule has 0 saturated carbocycles. The molecule has 0 bridgehead atoms. The average molecular weight is 313 g/mol. The van der Waals surface area contributed by atoms with Crippen LogP contribution in [-0.2, 0) is 16.6 Å². The van der Waals surface area contributed by atoms with Gasteiger partial charge in [-0.05, 0) is 29.6 Å². The Kier molecular flexibility index (Phi) is 4.64. The lowest BCUT2D eigenvalue weighted by Crippen LogP contribution is -2.22. The largest absolute Gasteiger partial charge is 0.497 e. The summed E-state index contributed by atoms with van der Waals surface area (Å²) in [5.41, 5.74) is 0.715. The van der Waals surface area contributed by atoms with Crippen molar-refractivity contribution in [2.24, 2.45) is 0 Å². The number of thiophene rings is 1. The van der Waals surface area contributed by atoms with Crippen LogP contribution in [0.15, 0.2) is 39.9 Å². The van der Waals surface area contributed by atoms with Crippen LogP contribution in [-0.4, -0.2) is 22.6 Å². The predicted octanol–water partition coefficient (Wildman–Crippen LogP) is 2.24. The van der Waals surface area contributed by atoms with Crippen molar-refractivity contribution >= 4 is 21.4 Å². The molecule has 0 atom stereocenters. The van der Waals surface area contributed by atoms with Crippen LogP contribution in [0.5, 0.6) is 11.5 Å². The zero-order valence-corrected chi connectivity index (χ0v) is 12.8. The molecule has 0 unspecified atom stereocenters. The van der Waals surface area contributed by atoms with Crippen LogP contribution in [0.25, 0.3) is 0 Å². The monoisotopic (exact) mass is 313 g/mol. The molecule has 5 nitrogen and oxygen atoms in total. The summed E-state index contributed by atoms with van der Waals surface area (Å²) in [6, 6.07) is 8.51. The van der Waals surface area contributed by atoms with Crippen LogP contribution >= 0.6 is 11.3 Å². The lowest BCUT2D eigenvalue weighted by atomic mass is 10.2. The quantitative estimate of drug-likeness (QED) is 0.888. The summed E-state index contributed by atoms with van der Waals surface area (Å²) in [5.74, 6) is 1.26. The second kappa shape index (κ2) is 6.25. The van der Waals surface area contributed by atoms with Gasteiger partial charge in [-0.2, -0.15) is 0 Å². The molecule has 0 aliphatic heterocycles. The standard InChI is InChI=1S/C13H15NO4S2/c1-17-11-5-6-12(18-2)10(8-11)9-14-20(15,16)13-4-3-7-19-13/h3-8,14H,9H2,1-2H3. The van der Waals surface area contributed by atoms with Crippen molar-refractivity contribution in [3.05, 3.63) is 41.3 Å². The fraction of sp³-hybridized carbons (Fsp3) is 0.231. The molecule has 1 heterocycles. The fourth-order valence-electron chi connectivity index (χ4n) is 1.68. The highest BCUT2D eigenvalue weighted by Gasteiger charge is 2.16. The Morgan fingerprint density at radius 2 is 2.00 bits per heavy atom. The topological polar surface area (TPSA) is 64.6 Å². The number of ether oxygens (including phenoxy) is 2. The Balaban J connectivity index is 2.18. The van der Waals surface area contributed by atoms with Gasteiger partial charge in [-0.15, -0.1) is 11.3 Å². The lowest BCUT2D eigenvalue weighted by molar-refractivity contribution is 0.398. The first kappa shape index (κ1) is 14.8. The van der Waals surface area contributed by atoms with Gasteiger partial charge in [0.1, 0.15) is 15.7 Å². The van der Waals surface area contributed by atoms with Gasteiger partial charge in [0.15, 0.2) is 0 Å².